The predicted molar refractivity (Wildman–Crippen MR) is 114 cm³/mol. The van der Waals surface area contributed by atoms with E-state index in [1.807, 2.05) is 0 Å². The Hall–Kier alpha value is -2.09. The maximum Gasteiger partial charge on any atom is 0.264 e. The first kappa shape index (κ1) is 21.6. The van der Waals surface area contributed by atoms with Crippen molar-refractivity contribution >= 4 is 15.7 Å². The molecule has 1 heterocycles. The van der Waals surface area contributed by atoms with Gasteiger partial charge in [-0.2, -0.15) is 0 Å². The number of nitrogens with zero attached hydrogens (tertiary/aromatic N) is 1. The van der Waals surface area contributed by atoms with Crippen LogP contribution in [-0.4, -0.2) is 52.9 Å². The highest BCUT2D eigenvalue weighted by Gasteiger charge is 2.31. The summed E-state index contributed by atoms with van der Waals surface area (Å²) in [5.74, 6) is 1.18. The average Bonchev–Trinajstić information content (AvgIpc) is 2.74. The number of nitrogens with one attached hydrogen (secondary N) is 1. The van der Waals surface area contributed by atoms with E-state index in [1.54, 1.807) is 54.6 Å². The Morgan fingerprint density at radius 2 is 1.72 bits per heavy atom. The van der Waals surface area contributed by atoms with Crippen molar-refractivity contribution in [3.63, 3.8) is 0 Å². The zero-order valence-electron chi connectivity index (χ0n) is 17.1. The molecule has 0 radical (unpaired) electrons. The smallest absolute Gasteiger partial charge is 0.264 e. The van der Waals surface area contributed by atoms with Crippen molar-refractivity contribution in [2.75, 3.05) is 37.6 Å². The van der Waals surface area contributed by atoms with Crippen molar-refractivity contribution in [2.24, 2.45) is 5.92 Å². The van der Waals surface area contributed by atoms with Gasteiger partial charge in [-0.3, -0.25) is 4.31 Å². The Morgan fingerprint density at radius 3 is 2.38 bits per heavy atom. The van der Waals surface area contributed by atoms with Gasteiger partial charge in [0.2, 0.25) is 0 Å². The van der Waals surface area contributed by atoms with E-state index in [0.29, 0.717) is 18.0 Å². The molecule has 1 atom stereocenters. The van der Waals surface area contributed by atoms with Crippen LogP contribution in [0.25, 0.3) is 0 Å². The zero-order chi connectivity index (χ0) is 20.9. The third-order valence-electron chi connectivity index (χ3n) is 5.57. The number of anilines is 1. The van der Waals surface area contributed by atoms with Crippen molar-refractivity contribution in [1.29, 1.82) is 0 Å². The van der Waals surface area contributed by atoms with Gasteiger partial charge in [-0.25, -0.2) is 8.42 Å². The molecule has 1 aliphatic rings. The zero-order valence-corrected chi connectivity index (χ0v) is 17.9. The van der Waals surface area contributed by atoms with E-state index in [-0.39, 0.29) is 11.4 Å². The second-order valence-corrected chi connectivity index (χ2v) is 9.67. The molecule has 2 aromatic rings. The summed E-state index contributed by atoms with van der Waals surface area (Å²) >= 11 is 0. The molecule has 0 unspecified atom stereocenters. The van der Waals surface area contributed by atoms with Crippen LogP contribution < -0.4 is 13.9 Å². The lowest BCUT2D eigenvalue weighted by Gasteiger charge is -2.31. The minimum absolute atomic E-state index is 0.0172. The maximum atomic E-state index is 13.4. The number of sulfonamides is 1. The predicted octanol–water partition coefficient (Wildman–Crippen LogP) is 1.57. The lowest BCUT2D eigenvalue weighted by Crippen LogP contribution is -3.14. The minimum atomic E-state index is -3.85. The SMILES string of the molecule is COc1ccccc1N(C[C@H](O)C[NH+]1CCC(C)CC1)S(=O)(=O)c1ccccc1. The van der Waals surface area contributed by atoms with Gasteiger partial charge in [0.1, 0.15) is 18.4 Å². The normalized spacial score (nSPS) is 20.8. The molecule has 3 rings (SSSR count). The van der Waals surface area contributed by atoms with Crippen molar-refractivity contribution in [2.45, 2.75) is 30.8 Å². The second-order valence-electron chi connectivity index (χ2n) is 7.81. The molecule has 7 heteroatoms. The van der Waals surface area contributed by atoms with Crippen LogP contribution in [-0.2, 0) is 10.0 Å². The van der Waals surface area contributed by atoms with Gasteiger partial charge in [-0.1, -0.05) is 37.3 Å². The molecule has 6 nitrogen and oxygen atoms in total. The summed E-state index contributed by atoms with van der Waals surface area (Å²) in [6, 6.07) is 15.3. The Balaban J connectivity index is 1.87. The monoisotopic (exact) mass is 419 g/mol. The lowest BCUT2D eigenvalue weighted by molar-refractivity contribution is -0.909. The van der Waals surface area contributed by atoms with Crippen LogP contribution in [0.3, 0.4) is 0 Å². The second kappa shape index (κ2) is 9.61. The van der Waals surface area contributed by atoms with Gasteiger partial charge in [0, 0.05) is 0 Å². The first-order valence-corrected chi connectivity index (χ1v) is 11.6. The summed E-state index contributed by atoms with van der Waals surface area (Å²) in [6.45, 7) is 4.79. The first-order chi connectivity index (χ1) is 13.9. The molecule has 0 bridgehead atoms. The molecule has 2 N–H and O–H groups in total. The fourth-order valence-corrected chi connectivity index (χ4v) is 5.38. The van der Waals surface area contributed by atoms with Crippen molar-refractivity contribution < 1.29 is 23.2 Å². The minimum Gasteiger partial charge on any atom is -0.495 e. The van der Waals surface area contributed by atoms with E-state index in [2.05, 4.69) is 6.92 Å². The molecule has 0 aromatic heterocycles. The largest absolute Gasteiger partial charge is 0.495 e. The van der Waals surface area contributed by atoms with Crippen molar-refractivity contribution in [3.05, 3.63) is 54.6 Å². The van der Waals surface area contributed by atoms with Gasteiger partial charge in [0.05, 0.1) is 37.3 Å². The number of methoxy groups -OCH3 is 1. The number of rotatable bonds is 8. The van der Waals surface area contributed by atoms with Crippen LogP contribution in [0, 0.1) is 5.92 Å². The summed E-state index contributed by atoms with van der Waals surface area (Å²) < 4.78 is 33.5. The number of quaternary nitrogens is 1. The summed E-state index contributed by atoms with van der Waals surface area (Å²) in [6.07, 6.45) is 1.50. The lowest BCUT2D eigenvalue weighted by atomic mass is 9.99. The van der Waals surface area contributed by atoms with Gasteiger partial charge in [-0.15, -0.1) is 0 Å². The molecular weight excluding hydrogens is 388 g/mol. The van der Waals surface area contributed by atoms with Crippen molar-refractivity contribution in [1.82, 2.24) is 0 Å². The summed E-state index contributed by atoms with van der Waals surface area (Å²) in [7, 11) is -2.33. The van der Waals surface area contributed by atoms with Crippen LogP contribution in [0.1, 0.15) is 19.8 Å². The van der Waals surface area contributed by atoms with Crippen LogP contribution in [0.2, 0.25) is 0 Å². The fourth-order valence-electron chi connectivity index (χ4n) is 3.85. The number of para-hydroxylation sites is 2. The van der Waals surface area contributed by atoms with Gasteiger partial charge in [0.15, 0.2) is 0 Å². The number of aliphatic hydroxyl groups excluding tert-OH is 1. The molecule has 158 valence electrons. The number of hydrogen-bond acceptors (Lipinski definition) is 4. The maximum absolute atomic E-state index is 13.4. The molecule has 1 aliphatic heterocycles. The van der Waals surface area contributed by atoms with Crippen LogP contribution in [0.5, 0.6) is 5.75 Å². The third-order valence-corrected chi connectivity index (χ3v) is 7.36. The number of piperidine rings is 1. The number of aliphatic hydroxyl groups is 1. The molecule has 0 saturated carbocycles. The van der Waals surface area contributed by atoms with Gasteiger partial charge in [0.25, 0.3) is 10.0 Å². The quantitative estimate of drug-likeness (QED) is 0.681. The van der Waals surface area contributed by atoms with Crippen molar-refractivity contribution in [3.8, 4) is 5.75 Å². The molecule has 0 aliphatic carbocycles. The number of hydrogen-bond donors (Lipinski definition) is 2. The summed E-state index contributed by atoms with van der Waals surface area (Å²) in [5, 5.41) is 10.8. The molecule has 29 heavy (non-hydrogen) atoms. The molecule has 0 amide bonds. The van der Waals surface area contributed by atoms with E-state index >= 15 is 0 Å². The molecular formula is C22H31N2O4S+. The number of ether oxygens (including phenoxy) is 1. The van der Waals surface area contributed by atoms with Gasteiger partial charge >= 0.3 is 0 Å². The molecule has 1 fully saturated rings. The van der Waals surface area contributed by atoms with E-state index in [9.17, 15) is 13.5 Å². The Kier molecular flexibility index (Phi) is 7.16. The Morgan fingerprint density at radius 1 is 1.10 bits per heavy atom. The molecule has 2 aromatic carbocycles. The van der Waals surface area contributed by atoms with E-state index in [4.69, 9.17) is 4.74 Å². The Labute approximate surface area is 173 Å². The van der Waals surface area contributed by atoms with E-state index in [0.717, 1.165) is 31.8 Å². The standard InChI is InChI=1S/C22H30N2O4S/c1-18-12-14-23(15-13-18)16-19(25)17-24(21-10-6-7-11-22(21)28-2)29(26,27)20-8-4-3-5-9-20/h3-11,18-19,25H,12-17H2,1-2H3/p+1/t19-/m1/s1. The first-order valence-electron chi connectivity index (χ1n) is 10.1. The third kappa shape index (κ3) is 5.29. The molecule has 0 spiro atoms. The Bertz CT molecular complexity index is 881. The van der Waals surface area contributed by atoms with E-state index < -0.39 is 16.1 Å². The summed E-state index contributed by atoms with van der Waals surface area (Å²) in [4.78, 5) is 1.52. The summed E-state index contributed by atoms with van der Waals surface area (Å²) in [5.41, 5.74) is 0.431. The van der Waals surface area contributed by atoms with Crippen LogP contribution >= 0.6 is 0 Å². The van der Waals surface area contributed by atoms with Crippen LogP contribution in [0.4, 0.5) is 5.69 Å². The highest BCUT2D eigenvalue weighted by atomic mass is 32.2. The molecule has 1 saturated heterocycles. The van der Waals surface area contributed by atoms with Gasteiger partial charge < -0.3 is 14.7 Å². The van der Waals surface area contributed by atoms with E-state index in [1.165, 1.54) is 16.3 Å². The fraction of sp³-hybridized carbons (Fsp3) is 0.455. The van der Waals surface area contributed by atoms with Gasteiger partial charge in [-0.05, 0) is 43.0 Å². The van der Waals surface area contributed by atoms with Crippen LogP contribution in [0.15, 0.2) is 59.5 Å². The highest BCUT2D eigenvalue weighted by Crippen LogP contribution is 2.32. The highest BCUT2D eigenvalue weighted by molar-refractivity contribution is 7.92. The topological polar surface area (TPSA) is 71.3 Å². The number of benzene rings is 2. The average molecular weight is 420 g/mol. The number of likely N-dealkylation sites (tertiary alicyclic amines) is 1.